The molecule has 0 unspecified atom stereocenters. The van der Waals surface area contributed by atoms with Crippen LogP contribution < -0.4 is 15.8 Å². The van der Waals surface area contributed by atoms with Crippen LogP contribution in [0.1, 0.15) is 15.9 Å². The Morgan fingerprint density at radius 1 is 1.27 bits per heavy atom. The average Bonchev–Trinajstić information content (AvgIpc) is 3.05. The number of aromatic nitrogens is 2. The fourth-order valence-electron chi connectivity index (χ4n) is 2.35. The molecule has 0 saturated carbocycles. The molecule has 4 N–H and O–H groups in total. The van der Waals surface area contributed by atoms with E-state index >= 15 is 0 Å². The number of ether oxygens (including phenoxy) is 1. The van der Waals surface area contributed by atoms with E-state index < -0.39 is 5.91 Å². The van der Waals surface area contributed by atoms with Crippen LogP contribution in [0.5, 0.6) is 5.75 Å². The van der Waals surface area contributed by atoms with Crippen LogP contribution in [0.15, 0.2) is 53.5 Å². The Kier molecular flexibility index (Phi) is 5.19. The van der Waals surface area contributed by atoms with Crippen LogP contribution in [-0.4, -0.2) is 29.4 Å². The number of H-pyrrole nitrogens is 1. The van der Waals surface area contributed by atoms with Crippen molar-refractivity contribution in [3.8, 4) is 5.75 Å². The number of anilines is 2. The first kappa shape index (κ1) is 17.5. The summed E-state index contributed by atoms with van der Waals surface area (Å²) in [6.45, 7) is 0. The number of rotatable bonds is 6. The van der Waals surface area contributed by atoms with Gasteiger partial charge in [-0.1, -0.05) is 35.9 Å². The Labute approximate surface area is 154 Å². The van der Waals surface area contributed by atoms with Crippen molar-refractivity contribution in [2.75, 3.05) is 12.4 Å². The number of hydrogen-bond donors (Lipinski definition) is 3. The smallest absolute Gasteiger partial charge is 0.256 e. The molecule has 0 bridgehead atoms. The van der Waals surface area contributed by atoms with Gasteiger partial charge in [0.15, 0.2) is 5.82 Å². The van der Waals surface area contributed by atoms with Crippen molar-refractivity contribution < 1.29 is 9.53 Å². The third-order valence-electron chi connectivity index (χ3n) is 3.59. The van der Waals surface area contributed by atoms with Gasteiger partial charge in [-0.25, -0.2) is 4.99 Å². The van der Waals surface area contributed by atoms with Crippen molar-refractivity contribution in [3.63, 3.8) is 0 Å². The van der Waals surface area contributed by atoms with Gasteiger partial charge in [-0.15, -0.1) is 0 Å². The molecule has 2 aromatic carbocycles. The average molecular weight is 370 g/mol. The fourth-order valence-corrected chi connectivity index (χ4v) is 2.53. The first-order chi connectivity index (χ1) is 12.6. The minimum Gasteiger partial charge on any atom is -0.496 e. The molecule has 1 aromatic heterocycles. The van der Waals surface area contributed by atoms with Gasteiger partial charge in [0.05, 0.1) is 17.8 Å². The van der Waals surface area contributed by atoms with Gasteiger partial charge >= 0.3 is 0 Å². The Hall–Kier alpha value is -3.32. The third-order valence-corrected chi connectivity index (χ3v) is 3.92. The molecule has 0 radical (unpaired) electrons. The van der Waals surface area contributed by atoms with Crippen LogP contribution in [0.4, 0.5) is 17.3 Å². The molecular formula is C18H16ClN5O2. The second kappa shape index (κ2) is 7.71. The number of primary amides is 1. The molecule has 0 saturated heterocycles. The highest BCUT2D eigenvalue weighted by Crippen LogP contribution is 2.29. The van der Waals surface area contributed by atoms with E-state index in [0.29, 0.717) is 22.3 Å². The van der Waals surface area contributed by atoms with Crippen molar-refractivity contribution in [2.24, 2.45) is 10.7 Å². The van der Waals surface area contributed by atoms with Gasteiger partial charge in [0.25, 0.3) is 5.91 Å². The molecule has 0 fully saturated rings. The second-order valence-corrected chi connectivity index (χ2v) is 5.67. The summed E-state index contributed by atoms with van der Waals surface area (Å²) in [7, 11) is 1.57. The molecule has 0 aliphatic rings. The van der Waals surface area contributed by atoms with Crippen LogP contribution in [0.2, 0.25) is 5.02 Å². The van der Waals surface area contributed by atoms with E-state index in [1.54, 1.807) is 31.5 Å². The lowest BCUT2D eigenvalue weighted by Crippen LogP contribution is -2.12. The molecule has 0 aliphatic carbocycles. The molecule has 8 heteroatoms. The highest BCUT2D eigenvalue weighted by atomic mass is 35.5. The number of nitrogens with zero attached hydrogens (tertiary/aromatic N) is 2. The van der Waals surface area contributed by atoms with Gasteiger partial charge in [-0.3, -0.25) is 9.89 Å². The fraction of sp³-hybridized carbons (Fsp3) is 0.0556. The molecule has 1 amide bonds. The summed E-state index contributed by atoms with van der Waals surface area (Å²) >= 11 is 6.13. The van der Waals surface area contributed by atoms with E-state index in [1.807, 2.05) is 30.3 Å². The number of carbonyl (C=O) groups excluding carboxylic acids is 1. The number of halogens is 1. The quantitative estimate of drug-likeness (QED) is 0.576. The van der Waals surface area contributed by atoms with Crippen molar-refractivity contribution in [2.45, 2.75) is 0 Å². The maximum Gasteiger partial charge on any atom is 0.256 e. The molecule has 1 heterocycles. The summed E-state index contributed by atoms with van der Waals surface area (Å²) in [4.78, 5) is 16.2. The maximum absolute atomic E-state index is 11.9. The lowest BCUT2D eigenvalue weighted by atomic mass is 10.2. The summed E-state index contributed by atoms with van der Waals surface area (Å²) in [6, 6.07) is 14.5. The van der Waals surface area contributed by atoms with E-state index in [2.05, 4.69) is 20.5 Å². The van der Waals surface area contributed by atoms with Crippen LogP contribution in [0.25, 0.3) is 0 Å². The lowest BCUT2D eigenvalue weighted by Gasteiger charge is -2.07. The Morgan fingerprint density at radius 2 is 2.00 bits per heavy atom. The van der Waals surface area contributed by atoms with Crippen molar-refractivity contribution in [1.82, 2.24) is 10.2 Å². The van der Waals surface area contributed by atoms with Gasteiger partial charge in [0.1, 0.15) is 17.1 Å². The lowest BCUT2D eigenvalue weighted by molar-refractivity contribution is 0.100. The predicted molar refractivity (Wildman–Crippen MR) is 102 cm³/mol. The molecule has 7 nitrogen and oxygen atoms in total. The molecule has 26 heavy (non-hydrogen) atoms. The number of hydrogen-bond acceptors (Lipinski definition) is 5. The number of carbonyl (C=O) groups is 1. The van der Waals surface area contributed by atoms with Gasteiger partial charge in [0, 0.05) is 11.8 Å². The minimum absolute atomic E-state index is 0.135. The second-order valence-electron chi connectivity index (χ2n) is 5.27. The number of methoxy groups -OCH3 is 1. The molecule has 3 rings (SSSR count). The minimum atomic E-state index is -0.666. The Bertz CT molecular complexity index is 968. The number of amides is 1. The largest absolute Gasteiger partial charge is 0.496 e. The maximum atomic E-state index is 11.9. The van der Waals surface area contributed by atoms with Gasteiger partial charge in [0.2, 0.25) is 0 Å². The monoisotopic (exact) mass is 369 g/mol. The van der Waals surface area contributed by atoms with Gasteiger partial charge < -0.3 is 15.8 Å². The molecule has 3 aromatic rings. The standard InChI is InChI=1S/C18H16ClN5O2/c1-26-14-9-5-2-6-11(14)10-21-17-15(16(20)25)18(24-23-17)22-13-8-4-3-7-12(13)19/h2-10H,1H3,(H2,20,25)(H2,22,23,24). The zero-order valence-electron chi connectivity index (χ0n) is 13.9. The molecule has 132 valence electrons. The number of nitrogens with two attached hydrogens (primary N) is 1. The van der Waals surface area contributed by atoms with Gasteiger partial charge in [-0.05, 0) is 24.3 Å². The highest BCUT2D eigenvalue weighted by Gasteiger charge is 2.18. The Balaban J connectivity index is 1.94. The zero-order valence-corrected chi connectivity index (χ0v) is 14.6. The van der Waals surface area contributed by atoms with Crippen LogP contribution in [0.3, 0.4) is 0 Å². The SMILES string of the molecule is COc1ccccc1C=Nc1n[nH]c(Nc2ccccc2Cl)c1C(N)=O. The first-order valence-corrected chi connectivity index (χ1v) is 8.04. The molecular weight excluding hydrogens is 354 g/mol. The number of aromatic amines is 1. The molecule has 0 spiro atoms. The van der Waals surface area contributed by atoms with E-state index in [9.17, 15) is 4.79 Å². The normalized spacial score (nSPS) is 10.8. The van der Waals surface area contributed by atoms with E-state index in [4.69, 9.17) is 22.1 Å². The number of aliphatic imine (C=N–C) groups is 1. The number of benzene rings is 2. The topological polar surface area (TPSA) is 105 Å². The van der Waals surface area contributed by atoms with E-state index in [-0.39, 0.29) is 11.4 Å². The van der Waals surface area contributed by atoms with Crippen LogP contribution >= 0.6 is 11.6 Å². The highest BCUT2D eigenvalue weighted by molar-refractivity contribution is 6.33. The summed E-state index contributed by atoms with van der Waals surface area (Å²) in [5, 5.41) is 10.3. The number of nitrogens with one attached hydrogen (secondary N) is 2. The summed E-state index contributed by atoms with van der Waals surface area (Å²) in [5.74, 6) is 0.470. The summed E-state index contributed by atoms with van der Waals surface area (Å²) in [6.07, 6.45) is 1.56. The Morgan fingerprint density at radius 3 is 2.73 bits per heavy atom. The molecule has 0 aliphatic heterocycles. The third kappa shape index (κ3) is 3.68. The van der Waals surface area contributed by atoms with E-state index in [1.165, 1.54) is 0 Å². The summed E-state index contributed by atoms with van der Waals surface area (Å²) < 4.78 is 5.27. The molecule has 0 atom stereocenters. The van der Waals surface area contributed by atoms with Crippen molar-refractivity contribution >= 4 is 41.0 Å². The van der Waals surface area contributed by atoms with E-state index in [0.717, 1.165) is 5.56 Å². The summed E-state index contributed by atoms with van der Waals surface area (Å²) in [5.41, 5.74) is 7.00. The van der Waals surface area contributed by atoms with Crippen molar-refractivity contribution in [1.29, 1.82) is 0 Å². The van der Waals surface area contributed by atoms with Crippen LogP contribution in [0, 0.1) is 0 Å². The zero-order chi connectivity index (χ0) is 18.5. The van der Waals surface area contributed by atoms with Crippen LogP contribution in [-0.2, 0) is 0 Å². The first-order valence-electron chi connectivity index (χ1n) is 7.67. The van der Waals surface area contributed by atoms with Gasteiger partial charge in [-0.2, -0.15) is 5.10 Å². The number of para-hydroxylation sites is 2. The predicted octanol–water partition coefficient (Wildman–Crippen LogP) is 3.66. The van der Waals surface area contributed by atoms with Crippen molar-refractivity contribution in [3.05, 3.63) is 64.7 Å².